The minimum Gasteiger partial charge on any atom is -0.489 e. The van der Waals surface area contributed by atoms with Gasteiger partial charge in [-0.25, -0.2) is 0 Å². The second kappa shape index (κ2) is 8.29. The third-order valence-corrected chi connectivity index (χ3v) is 4.73. The molecular weight excluding hydrogens is 302 g/mol. The van der Waals surface area contributed by atoms with E-state index in [2.05, 4.69) is 27.4 Å². The van der Waals surface area contributed by atoms with E-state index in [9.17, 15) is 4.79 Å². The van der Waals surface area contributed by atoms with Gasteiger partial charge in [0.25, 0.3) is 0 Å². The van der Waals surface area contributed by atoms with Crippen molar-refractivity contribution >= 4 is 5.91 Å². The van der Waals surface area contributed by atoms with Gasteiger partial charge in [-0.05, 0) is 37.7 Å². The zero-order valence-corrected chi connectivity index (χ0v) is 14.4. The lowest BCUT2D eigenvalue weighted by Gasteiger charge is -2.24. The number of aromatic nitrogens is 1. The number of rotatable bonds is 6. The molecular formula is C19H27N3O2. The second-order valence-corrected chi connectivity index (χ2v) is 6.83. The smallest absolute Gasteiger partial charge is 0.217 e. The van der Waals surface area contributed by atoms with Crippen LogP contribution in [-0.2, 0) is 11.3 Å². The maximum absolute atomic E-state index is 11.0. The highest BCUT2D eigenvalue weighted by Gasteiger charge is 2.26. The highest BCUT2D eigenvalue weighted by Crippen LogP contribution is 2.23. The fourth-order valence-electron chi connectivity index (χ4n) is 3.48. The number of hydrogen-bond acceptors (Lipinski definition) is 4. The Morgan fingerprint density at radius 1 is 1.42 bits per heavy atom. The fraction of sp³-hybridized carbons (Fsp3) is 0.579. The number of likely N-dealkylation sites (tertiary alicyclic amines) is 1. The van der Waals surface area contributed by atoms with Gasteiger partial charge in [0, 0.05) is 38.8 Å². The number of hydrogen-bond donors (Lipinski definition) is 1. The third-order valence-electron chi connectivity index (χ3n) is 4.73. The van der Waals surface area contributed by atoms with Gasteiger partial charge in [-0.1, -0.05) is 12.2 Å². The van der Waals surface area contributed by atoms with Gasteiger partial charge < -0.3 is 10.1 Å². The van der Waals surface area contributed by atoms with Crippen LogP contribution in [0.5, 0.6) is 5.75 Å². The van der Waals surface area contributed by atoms with Crippen LogP contribution in [0.1, 0.15) is 38.3 Å². The number of allylic oxidation sites excluding steroid dienone is 2. The minimum atomic E-state index is -0.0490. The molecule has 2 atom stereocenters. The average molecular weight is 329 g/mol. The second-order valence-electron chi connectivity index (χ2n) is 6.83. The summed E-state index contributed by atoms with van der Waals surface area (Å²) in [5.74, 6) is 1.60. The topological polar surface area (TPSA) is 54.5 Å². The van der Waals surface area contributed by atoms with E-state index in [0.29, 0.717) is 6.54 Å². The van der Waals surface area contributed by atoms with Crippen LogP contribution in [0.3, 0.4) is 0 Å². The minimum absolute atomic E-state index is 0.0490. The number of pyridine rings is 1. The summed E-state index contributed by atoms with van der Waals surface area (Å²) < 4.78 is 6.13. The Hall–Kier alpha value is -1.88. The monoisotopic (exact) mass is 329 g/mol. The van der Waals surface area contributed by atoms with Gasteiger partial charge in [0.05, 0.1) is 12.2 Å². The van der Waals surface area contributed by atoms with Crippen LogP contribution in [0.15, 0.2) is 30.5 Å². The molecule has 2 unspecified atom stereocenters. The van der Waals surface area contributed by atoms with Crippen molar-refractivity contribution in [3.63, 3.8) is 0 Å². The molecule has 0 aromatic carbocycles. The Labute approximate surface area is 144 Å². The lowest BCUT2D eigenvalue weighted by atomic mass is 9.94. The molecule has 3 rings (SSSR count). The molecule has 1 fully saturated rings. The van der Waals surface area contributed by atoms with Crippen LogP contribution in [-0.4, -0.2) is 41.5 Å². The van der Waals surface area contributed by atoms with Gasteiger partial charge >= 0.3 is 0 Å². The van der Waals surface area contributed by atoms with Gasteiger partial charge in [0.2, 0.25) is 5.91 Å². The number of carbonyl (C=O) groups excluding carboxylic acids is 1. The van der Waals surface area contributed by atoms with Crippen molar-refractivity contribution in [3.05, 3.63) is 36.2 Å². The summed E-state index contributed by atoms with van der Waals surface area (Å²) in [4.78, 5) is 17.8. The summed E-state index contributed by atoms with van der Waals surface area (Å²) in [5.41, 5.74) is 0.826. The summed E-state index contributed by atoms with van der Waals surface area (Å²) in [7, 11) is 0. The predicted molar refractivity (Wildman–Crippen MR) is 93.7 cm³/mol. The molecule has 0 saturated carbocycles. The standard InChI is InChI=1S/C19H27N3O2/c1-15(23)21-12-17-11-18(7-9-20-17)24-19-8-10-22(14-19)13-16-5-3-2-4-6-16/h2-3,7,9,11,16,19H,4-6,8,10,12-14H2,1H3,(H,21,23). The summed E-state index contributed by atoms with van der Waals surface area (Å²) in [6.07, 6.45) is 11.5. The van der Waals surface area contributed by atoms with Crippen LogP contribution < -0.4 is 10.1 Å². The van der Waals surface area contributed by atoms with Gasteiger partial charge in [0.1, 0.15) is 11.9 Å². The molecule has 1 aliphatic heterocycles. The van der Waals surface area contributed by atoms with Crippen molar-refractivity contribution in [2.75, 3.05) is 19.6 Å². The van der Waals surface area contributed by atoms with Crippen molar-refractivity contribution in [1.82, 2.24) is 15.2 Å². The van der Waals surface area contributed by atoms with E-state index in [4.69, 9.17) is 4.74 Å². The van der Waals surface area contributed by atoms with Crippen molar-refractivity contribution in [3.8, 4) is 5.75 Å². The average Bonchev–Trinajstić information content (AvgIpc) is 3.01. The van der Waals surface area contributed by atoms with Gasteiger partial charge in [-0.3, -0.25) is 14.7 Å². The molecule has 1 aromatic heterocycles. The highest BCUT2D eigenvalue weighted by atomic mass is 16.5. The zero-order chi connectivity index (χ0) is 16.8. The zero-order valence-electron chi connectivity index (χ0n) is 14.4. The number of carbonyl (C=O) groups is 1. The molecule has 1 saturated heterocycles. The van der Waals surface area contributed by atoms with E-state index in [1.54, 1.807) is 6.20 Å². The first-order valence-corrected chi connectivity index (χ1v) is 8.92. The van der Waals surface area contributed by atoms with Crippen LogP contribution >= 0.6 is 0 Å². The molecule has 2 heterocycles. The normalized spacial score (nSPS) is 24.0. The first kappa shape index (κ1) is 17.0. The first-order valence-electron chi connectivity index (χ1n) is 8.92. The Morgan fingerprint density at radius 3 is 3.12 bits per heavy atom. The molecule has 0 radical (unpaired) electrons. The van der Waals surface area contributed by atoms with Gasteiger partial charge in [-0.15, -0.1) is 0 Å². The van der Waals surface area contributed by atoms with E-state index in [-0.39, 0.29) is 12.0 Å². The molecule has 1 aromatic rings. The highest BCUT2D eigenvalue weighted by molar-refractivity contribution is 5.72. The number of amides is 1. The fourth-order valence-corrected chi connectivity index (χ4v) is 3.48. The molecule has 24 heavy (non-hydrogen) atoms. The van der Waals surface area contributed by atoms with Crippen LogP contribution in [0, 0.1) is 5.92 Å². The molecule has 5 heteroatoms. The van der Waals surface area contributed by atoms with Crippen LogP contribution in [0.4, 0.5) is 0 Å². The Balaban J connectivity index is 1.47. The molecule has 2 aliphatic rings. The van der Waals surface area contributed by atoms with Gasteiger partial charge in [-0.2, -0.15) is 0 Å². The van der Waals surface area contributed by atoms with Crippen LogP contribution in [0.2, 0.25) is 0 Å². The van der Waals surface area contributed by atoms with E-state index < -0.39 is 0 Å². The predicted octanol–water partition coefficient (Wildman–Crippen LogP) is 2.53. The number of nitrogens with one attached hydrogen (secondary N) is 1. The maximum Gasteiger partial charge on any atom is 0.217 e. The Morgan fingerprint density at radius 2 is 2.33 bits per heavy atom. The SMILES string of the molecule is CC(=O)NCc1cc(OC2CCN(CC3CC=CCC3)C2)ccn1. The summed E-state index contributed by atoms with van der Waals surface area (Å²) >= 11 is 0. The van der Waals surface area contributed by atoms with Crippen molar-refractivity contribution in [2.45, 2.75) is 45.3 Å². The molecule has 0 spiro atoms. The molecule has 0 bridgehead atoms. The first-order chi connectivity index (χ1) is 11.7. The van der Waals surface area contributed by atoms with Crippen molar-refractivity contribution in [2.24, 2.45) is 5.92 Å². The molecule has 1 N–H and O–H groups in total. The van der Waals surface area contributed by atoms with E-state index in [0.717, 1.165) is 36.9 Å². The Kier molecular flexibility index (Phi) is 5.86. The third kappa shape index (κ3) is 5.06. The maximum atomic E-state index is 11.0. The van der Waals surface area contributed by atoms with E-state index in [1.807, 2.05) is 12.1 Å². The summed E-state index contributed by atoms with van der Waals surface area (Å²) in [6, 6.07) is 3.82. The van der Waals surface area contributed by atoms with E-state index >= 15 is 0 Å². The number of nitrogens with zero attached hydrogens (tertiary/aromatic N) is 2. The molecule has 5 nitrogen and oxygen atoms in total. The lowest BCUT2D eigenvalue weighted by molar-refractivity contribution is -0.119. The summed E-state index contributed by atoms with van der Waals surface area (Å²) in [5, 5.41) is 2.76. The van der Waals surface area contributed by atoms with Crippen LogP contribution in [0.25, 0.3) is 0 Å². The number of ether oxygens (including phenoxy) is 1. The summed E-state index contributed by atoms with van der Waals surface area (Å²) in [6.45, 7) is 5.26. The lowest BCUT2D eigenvalue weighted by Crippen LogP contribution is -2.30. The van der Waals surface area contributed by atoms with Crippen molar-refractivity contribution < 1.29 is 9.53 Å². The van der Waals surface area contributed by atoms with E-state index in [1.165, 1.54) is 32.7 Å². The molecule has 130 valence electrons. The molecule has 1 amide bonds. The Bertz CT molecular complexity index is 588. The quantitative estimate of drug-likeness (QED) is 0.815. The van der Waals surface area contributed by atoms with Crippen molar-refractivity contribution in [1.29, 1.82) is 0 Å². The van der Waals surface area contributed by atoms with Gasteiger partial charge in [0.15, 0.2) is 0 Å². The largest absolute Gasteiger partial charge is 0.489 e. The molecule has 1 aliphatic carbocycles.